The van der Waals surface area contributed by atoms with Gasteiger partial charge < -0.3 is 0 Å². The Balaban J connectivity index is 2.49. The van der Waals surface area contributed by atoms with E-state index in [-0.39, 0.29) is 4.75 Å². The Morgan fingerprint density at radius 3 is 2.79 bits per heavy atom. The first-order chi connectivity index (χ1) is 6.57. The molecule has 1 heterocycles. The molecule has 0 saturated heterocycles. The number of nitrogens with zero attached hydrogens (tertiary/aromatic N) is 1. The molecule has 0 spiro atoms. The lowest BCUT2D eigenvalue weighted by atomic mass is 10.1. The molecule has 0 N–H and O–H groups in total. The van der Waals surface area contributed by atoms with E-state index in [1.54, 1.807) is 0 Å². The Bertz CT molecular complexity index is 380. The number of hydrogen-bond donors (Lipinski definition) is 0. The zero-order valence-corrected chi connectivity index (χ0v) is 9.69. The van der Waals surface area contributed by atoms with E-state index in [2.05, 4.69) is 50.0 Å². The van der Waals surface area contributed by atoms with Crippen LogP contribution in [0, 0.1) is 0 Å². The molecule has 0 unspecified atom stereocenters. The van der Waals surface area contributed by atoms with E-state index in [1.807, 2.05) is 11.8 Å². The highest BCUT2D eigenvalue weighted by Crippen LogP contribution is 2.42. The number of rotatable bonds is 0. The number of aliphatic imine (C=N–C) groups is 1. The second-order valence-electron chi connectivity index (χ2n) is 4.35. The molecule has 0 atom stereocenters. The predicted octanol–water partition coefficient (Wildman–Crippen LogP) is 4.05. The van der Waals surface area contributed by atoms with Gasteiger partial charge in [0.15, 0.2) is 0 Å². The Labute approximate surface area is 89.6 Å². The predicted molar refractivity (Wildman–Crippen MR) is 63.8 cm³/mol. The van der Waals surface area contributed by atoms with Crippen molar-refractivity contribution in [2.24, 2.45) is 4.99 Å². The minimum Gasteiger partial charge on any atom is -0.257 e. The molecule has 0 aliphatic carbocycles. The van der Waals surface area contributed by atoms with E-state index in [4.69, 9.17) is 0 Å². The molecule has 1 aromatic carbocycles. The third-order valence-corrected chi connectivity index (χ3v) is 3.51. The van der Waals surface area contributed by atoms with Gasteiger partial charge in [-0.2, -0.15) is 0 Å². The smallest absolute Gasteiger partial charge is 0.0764 e. The second kappa shape index (κ2) is 3.43. The van der Waals surface area contributed by atoms with Gasteiger partial charge in [0.2, 0.25) is 0 Å². The topological polar surface area (TPSA) is 12.4 Å². The SMILES string of the molecule is CC1=Nc2ccccc2SC(C)(C)C1. The van der Waals surface area contributed by atoms with Crippen LogP contribution in [0.2, 0.25) is 0 Å². The number of thioether (sulfide) groups is 1. The lowest BCUT2D eigenvalue weighted by molar-refractivity contribution is 0.748. The van der Waals surface area contributed by atoms with Crippen LogP contribution in [0.3, 0.4) is 0 Å². The summed E-state index contributed by atoms with van der Waals surface area (Å²) in [4.78, 5) is 5.93. The molecular weight excluding hydrogens is 190 g/mol. The van der Waals surface area contributed by atoms with Crippen LogP contribution in [0.4, 0.5) is 5.69 Å². The zero-order valence-electron chi connectivity index (χ0n) is 8.87. The third kappa shape index (κ3) is 2.01. The molecule has 0 aromatic heterocycles. The second-order valence-corrected chi connectivity index (χ2v) is 6.10. The Hall–Kier alpha value is -0.760. The first kappa shape index (κ1) is 9.78. The molecule has 0 bridgehead atoms. The molecule has 14 heavy (non-hydrogen) atoms. The monoisotopic (exact) mass is 205 g/mol. The van der Waals surface area contributed by atoms with Gasteiger partial charge in [0.25, 0.3) is 0 Å². The maximum Gasteiger partial charge on any atom is 0.0764 e. The van der Waals surface area contributed by atoms with Gasteiger partial charge in [-0.1, -0.05) is 12.1 Å². The zero-order chi connectivity index (χ0) is 10.2. The molecule has 2 heteroatoms. The van der Waals surface area contributed by atoms with Gasteiger partial charge in [0.1, 0.15) is 0 Å². The van der Waals surface area contributed by atoms with Crippen LogP contribution < -0.4 is 0 Å². The van der Waals surface area contributed by atoms with Gasteiger partial charge in [0.05, 0.1) is 5.69 Å². The summed E-state index contributed by atoms with van der Waals surface area (Å²) in [6.07, 6.45) is 1.06. The Morgan fingerprint density at radius 2 is 2.00 bits per heavy atom. The maximum atomic E-state index is 4.63. The molecule has 1 nitrogen and oxygen atoms in total. The largest absolute Gasteiger partial charge is 0.257 e. The number of fused-ring (bicyclic) bond motifs is 1. The van der Waals surface area contributed by atoms with Crippen LogP contribution in [-0.2, 0) is 0 Å². The Morgan fingerprint density at radius 1 is 1.29 bits per heavy atom. The molecule has 1 aromatic rings. The molecule has 1 aliphatic rings. The highest BCUT2D eigenvalue weighted by molar-refractivity contribution is 8.00. The van der Waals surface area contributed by atoms with Gasteiger partial charge in [-0.3, -0.25) is 4.99 Å². The highest BCUT2D eigenvalue weighted by atomic mass is 32.2. The van der Waals surface area contributed by atoms with Crippen molar-refractivity contribution < 1.29 is 0 Å². The van der Waals surface area contributed by atoms with Crippen LogP contribution in [0.25, 0.3) is 0 Å². The van der Waals surface area contributed by atoms with Gasteiger partial charge >= 0.3 is 0 Å². The fourth-order valence-electron chi connectivity index (χ4n) is 1.83. The first-order valence-electron chi connectivity index (χ1n) is 4.89. The van der Waals surface area contributed by atoms with Crippen LogP contribution >= 0.6 is 11.8 Å². The van der Waals surface area contributed by atoms with Crippen molar-refractivity contribution in [3.63, 3.8) is 0 Å². The van der Waals surface area contributed by atoms with Crippen LogP contribution in [0.15, 0.2) is 34.2 Å². The minimum atomic E-state index is 0.264. The van der Waals surface area contributed by atoms with Crippen molar-refractivity contribution in [1.29, 1.82) is 0 Å². The molecule has 0 amide bonds. The summed E-state index contributed by atoms with van der Waals surface area (Å²) in [5.74, 6) is 0. The molecule has 1 aliphatic heterocycles. The van der Waals surface area contributed by atoms with Crippen molar-refractivity contribution in [3.8, 4) is 0 Å². The van der Waals surface area contributed by atoms with E-state index >= 15 is 0 Å². The van der Waals surface area contributed by atoms with Gasteiger partial charge in [-0.05, 0) is 39.3 Å². The lowest BCUT2D eigenvalue weighted by Crippen LogP contribution is -2.16. The fraction of sp³-hybridized carbons (Fsp3) is 0.417. The minimum absolute atomic E-state index is 0.264. The molecule has 74 valence electrons. The maximum absolute atomic E-state index is 4.63. The van der Waals surface area contributed by atoms with E-state index in [0.717, 1.165) is 12.1 Å². The van der Waals surface area contributed by atoms with Crippen molar-refractivity contribution in [2.45, 2.75) is 36.8 Å². The number of para-hydroxylation sites is 1. The Kier molecular flexibility index (Phi) is 2.40. The van der Waals surface area contributed by atoms with Crippen molar-refractivity contribution >= 4 is 23.2 Å². The normalized spacial score (nSPS) is 19.5. The summed E-state index contributed by atoms with van der Waals surface area (Å²) in [7, 11) is 0. The standard InChI is InChI=1S/C12H15NS/c1-9-8-12(2,3)14-11-7-5-4-6-10(11)13-9/h4-7H,8H2,1-3H3. The first-order valence-corrected chi connectivity index (χ1v) is 5.71. The molecule has 2 rings (SSSR count). The molecular formula is C12H15NS. The molecule has 0 saturated carbocycles. The van der Waals surface area contributed by atoms with Crippen LogP contribution in [0.1, 0.15) is 27.2 Å². The van der Waals surface area contributed by atoms with Gasteiger partial charge in [-0.25, -0.2) is 0 Å². The summed E-state index contributed by atoms with van der Waals surface area (Å²) in [6.45, 7) is 6.67. The van der Waals surface area contributed by atoms with Crippen molar-refractivity contribution in [2.75, 3.05) is 0 Å². The summed E-state index contributed by atoms with van der Waals surface area (Å²) >= 11 is 1.92. The fourth-order valence-corrected chi connectivity index (χ4v) is 3.07. The summed E-state index contributed by atoms with van der Waals surface area (Å²) in [5.41, 5.74) is 2.35. The molecule has 0 fully saturated rings. The summed E-state index contributed by atoms with van der Waals surface area (Å²) in [5, 5.41) is 0. The lowest BCUT2D eigenvalue weighted by Gasteiger charge is -2.21. The van der Waals surface area contributed by atoms with Crippen molar-refractivity contribution in [1.82, 2.24) is 0 Å². The van der Waals surface area contributed by atoms with Crippen molar-refractivity contribution in [3.05, 3.63) is 24.3 Å². The summed E-state index contributed by atoms with van der Waals surface area (Å²) in [6, 6.07) is 8.38. The molecule has 0 radical (unpaired) electrons. The third-order valence-electron chi connectivity index (χ3n) is 2.24. The van der Waals surface area contributed by atoms with Gasteiger partial charge in [-0.15, -0.1) is 11.8 Å². The average Bonchev–Trinajstić information content (AvgIpc) is 2.16. The van der Waals surface area contributed by atoms with E-state index in [1.165, 1.54) is 10.6 Å². The van der Waals surface area contributed by atoms with Crippen LogP contribution in [0.5, 0.6) is 0 Å². The van der Waals surface area contributed by atoms with E-state index in [9.17, 15) is 0 Å². The highest BCUT2D eigenvalue weighted by Gasteiger charge is 2.24. The number of benzene rings is 1. The summed E-state index contributed by atoms with van der Waals surface area (Å²) < 4.78 is 0.264. The average molecular weight is 205 g/mol. The van der Waals surface area contributed by atoms with E-state index < -0.39 is 0 Å². The van der Waals surface area contributed by atoms with Gasteiger partial charge in [0, 0.05) is 15.4 Å². The quantitative estimate of drug-likeness (QED) is 0.622. The number of hydrogen-bond acceptors (Lipinski definition) is 2. The van der Waals surface area contributed by atoms with Crippen LogP contribution in [-0.4, -0.2) is 10.5 Å². The van der Waals surface area contributed by atoms with E-state index in [0.29, 0.717) is 0 Å².